The first-order valence-corrected chi connectivity index (χ1v) is 11.9. The fraction of sp³-hybridized carbons (Fsp3) is 0.333. The fourth-order valence-corrected chi connectivity index (χ4v) is 5.44. The van der Waals surface area contributed by atoms with Crippen LogP contribution in [0.3, 0.4) is 0 Å². The van der Waals surface area contributed by atoms with E-state index < -0.39 is 0 Å². The number of benzene rings is 2. The number of thiophene rings is 1. The minimum absolute atomic E-state index is 0.0789. The molecule has 0 bridgehead atoms. The smallest absolute Gasteiger partial charge is 0.259 e. The zero-order valence-corrected chi connectivity index (χ0v) is 20.0. The SMILES string of the molecule is COc1ccc(C=Nc2sc3c(c2C(=O)Nc2ccccc2)CC[C@H](C(C)(C)C)C3)cc1. The van der Waals surface area contributed by atoms with E-state index in [1.54, 1.807) is 18.4 Å². The number of nitrogens with zero attached hydrogens (tertiary/aromatic N) is 1. The van der Waals surface area contributed by atoms with Crippen LogP contribution in [0.1, 0.15) is 53.6 Å². The van der Waals surface area contributed by atoms with Gasteiger partial charge in [-0.1, -0.05) is 39.0 Å². The van der Waals surface area contributed by atoms with Crippen molar-refractivity contribution in [3.63, 3.8) is 0 Å². The van der Waals surface area contributed by atoms with Gasteiger partial charge in [-0.15, -0.1) is 11.3 Å². The van der Waals surface area contributed by atoms with E-state index in [0.29, 0.717) is 5.92 Å². The van der Waals surface area contributed by atoms with Gasteiger partial charge in [0.2, 0.25) is 0 Å². The highest BCUT2D eigenvalue weighted by atomic mass is 32.1. The summed E-state index contributed by atoms with van der Waals surface area (Å²) in [5, 5.41) is 3.85. The van der Waals surface area contributed by atoms with E-state index in [1.165, 1.54) is 10.4 Å². The van der Waals surface area contributed by atoms with Gasteiger partial charge >= 0.3 is 0 Å². The van der Waals surface area contributed by atoms with Crippen LogP contribution >= 0.6 is 11.3 Å². The van der Waals surface area contributed by atoms with Gasteiger partial charge in [-0.3, -0.25) is 4.79 Å². The molecular weight excluding hydrogens is 416 g/mol. The van der Waals surface area contributed by atoms with E-state index in [9.17, 15) is 4.79 Å². The molecule has 1 N–H and O–H groups in total. The van der Waals surface area contributed by atoms with Crippen LogP contribution < -0.4 is 10.1 Å². The quantitative estimate of drug-likeness (QED) is 0.433. The molecule has 0 radical (unpaired) electrons. The summed E-state index contributed by atoms with van der Waals surface area (Å²) in [6, 6.07) is 17.4. The topological polar surface area (TPSA) is 50.7 Å². The van der Waals surface area contributed by atoms with Crippen molar-refractivity contribution in [3.8, 4) is 5.75 Å². The first kappa shape index (κ1) is 22.3. The summed E-state index contributed by atoms with van der Waals surface area (Å²) in [5.41, 5.74) is 3.92. The summed E-state index contributed by atoms with van der Waals surface area (Å²) in [7, 11) is 1.65. The average molecular weight is 447 g/mol. The van der Waals surface area contributed by atoms with Crippen LogP contribution in [0.15, 0.2) is 59.6 Å². The molecule has 1 aliphatic carbocycles. The first-order chi connectivity index (χ1) is 15.3. The Hall–Kier alpha value is -2.92. The van der Waals surface area contributed by atoms with Gasteiger partial charge in [0.1, 0.15) is 10.8 Å². The molecule has 0 saturated heterocycles. The van der Waals surface area contributed by atoms with E-state index in [0.717, 1.165) is 46.8 Å². The Morgan fingerprint density at radius 1 is 1.12 bits per heavy atom. The Labute approximate surface area is 194 Å². The summed E-state index contributed by atoms with van der Waals surface area (Å²) < 4.78 is 5.24. The molecule has 0 unspecified atom stereocenters. The Morgan fingerprint density at radius 3 is 2.50 bits per heavy atom. The lowest BCUT2D eigenvalue weighted by atomic mass is 9.72. The summed E-state index contributed by atoms with van der Waals surface area (Å²) in [6.07, 6.45) is 4.86. The molecule has 2 aromatic carbocycles. The number of hydrogen-bond donors (Lipinski definition) is 1. The second kappa shape index (κ2) is 9.29. The third-order valence-corrected chi connectivity index (χ3v) is 7.34. The summed E-state index contributed by atoms with van der Waals surface area (Å²) in [4.78, 5) is 19.4. The average Bonchev–Trinajstić information content (AvgIpc) is 3.16. The number of fused-ring (bicyclic) bond motifs is 1. The maximum atomic E-state index is 13.3. The molecule has 0 fully saturated rings. The van der Waals surface area contributed by atoms with Crippen molar-refractivity contribution in [2.45, 2.75) is 40.0 Å². The zero-order chi connectivity index (χ0) is 22.7. The van der Waals surface area contributed by atoms with Crippen molar-refractivity contribution < 1.29 is 9.53 Å². The van der Waals surface area contributed by atoms with Gasteiger partial charge in [0.15, 0.2) is 0 Å². The molecule has 0 aliphatic heterocycles. The maximum Gasteiger partial charge on any atom is 0.259 e. The van der Waals surface area contributed by atoms with Gasteiger partial charge in [0.25, 0.3) is 5.91 Å². The van der Waals surface area contributed by atoms with Gasteiger partial charge in [-0.05, 0) is 78.1 Å². The summed E-state index contributed by atoms with van der Waals surface area (Å²) in [5.74, 6) is 1.34. The van der Waals surface area contributed by atoms with Crippen molar-refractivity contribution in [1.29, 1.82) is 0 Å². The van der Waals surface area contributed by atoms with Crippen LogP contribution in [-0.4, -0.2) is 19.2 Å². The lowest BCUT2D eigenvalue weighted by Crippen LogP contribution is -2.27. The normalized spacial score (nSPS) is 16.1. The van der Waals surface area contributed by atoms with Crippen molar-refractivity contribution in [1.82, 2.24) is 0 Å². The van der Waals surface area contributed by atoms with Crippen molar-refractivity contribution in [2.75, 3.05) is 12.4 Å². The van der Waals surface area contributed by atoms with Crippen LogP contribution in [0, 0.1) is 11.3 Å². The van der Waals surface area contributed by atoms with Gasteiger partial charge in [0.05, 0.1) is 12.7 Å². The van der Waals surface area contributed by atoms with Crippen molar-refractivity contribution in [3.05, 3.63) is 76.2 Å². The highest BCUT2D eigenvalue weighted by Crippen LogP contribution is 2.45. The van der Waals surface area contributed by atoms with Gasteiger partial charge in [-0.2, -0.15) is 0 Å². The number of nitrogens with one attached hydrogen (secondary N) is 1. The minimum Gasteiger partial charge on any atom is -0.497 e. The number of rotatable bonds is 5. The van der Waals surface area contributed by atoms with E-state index in [2.05, 4.69) is 26.1 Å². The number of hydrogen-bond acceptors (Lipinski definition) is 4. The summed E-state index contributed by atoms with van der Waals surface area (Å²) >= 11 is 1.66. The molecule has 166 valence electrons. The number of methoxy groups -OCH3 is 1. The molecule has 3 aromatic rings. The zero-order valence-electron chi connectivity index (χ0n) is 19.1. The minimum atomic E-state index is -0.0789. The second-order valence-electron chi connectivity index (χ2n) is 9.34. The number of carbonyl (C=O) groups is 1. The van der Waals surface area contributed by atoms with Crippen LogP contribution in [0.2, 0.25) is 0 Å². The lowest BCUT2D eigenvalue weighted by Gasteiger charge is -2.33. The van der Waals surface area contributed by atoms with Crippen LogP contribution in [-0.2, 0) is 12.8 Å². The largest absolute Gasteiger partial charge is 0.497 e. The van der Waals surface area contributed by atoms with E-state index in [-0.39, 0.29) is 11.3 Å². The monoisotopic (exact) mass is 446 g/mol. The number of amides is 1. The second-order valence-corrected chi connectivity index (χ2v) is 10.4. The Bertz CT molecular complexity index is 1110. The standard InChI is InChI=1S/C27H30N2O2S/c1-27(2,3)19-12-15-22-23(16-19)32-26(28-17-18-10-13-21(31-4)14-11-18)24(22)25(30)29-20-8-6-5-7-9-20/h5-11,13-14,17,19H,12,15-16H2,1-4H3,(H,29,30)/t19-/m0/s1. The van der Waals surface area contributed by atoms with Crippen LogP contribution in [0.4, 0.5) is 10.7 Å². The molecule has 5 heteroatoms. The van der Waals surface area contributed by atoms with Gasteiger partial charge in [-0.25, -0.2) is 4.99 Å². The molecule has 1 aromatic heterocycles. The Kier molecular flexibility index (Phi) is 6.47. The maximum absolute atomic E-state index is 13.3. The van der Waals surface area contributed by atoms with Crippen molar-refractivity contribution >= 4 is 34.1 Å². The first-order valence-electron chi connectivity index (χ1n) is 11.0. The molecule has 0 spiro atoms. The number of para-hydroxylation sites is 1. The highest BCUT2D eigenvalue weighted by Gasteiger charge is 2.33. The van der Waals surface area contributed by atoms with Gasteiger partial charge in [0, 0.05) is 16.8 Å². The van der Waals surface area contributed by atoms with Crippen LogP contribution in [0.25, 0.3) is 0 Å². The highest BCUT2D eigenvalue weighted by molar-refractivity contribution is 7.16. The predicted molar refractivity (Wildman–Crippen MR) is 134 cm³/mol. The molecule has 0 saturated carbocycles. The number of aliphatic imine (C=N–C) groups is 1. The molecule has 4 nitrogen and oxygen atoms in total. The molecule has 4 rings (SSSR count). The molecular formula is C27H30N2O2S. The number of carbonyl (C=O) groups excluding carboxylic acids is 1. The molecule has 32 heavy (non-hydrogen) atoms. The number of ether oxygens (including phenoxy) is 1. The Morgan fingerprint density at radius 2 is 1.84 bits per heavy atom. The van der Waals surface area contributed by atoms with Crippen LogP contribution in [0.5, 0.6) is 5.75 Å². The molecule has 1 atom stereocenters. The Balaban J connectivity index is 1.68. The van der Waals surface area contributed by atoms with E-state index in [1.807, 2.05) is 60.8 Å². The summed E-state index contributed by atoms with van der Waals surface area (Å²) in [6.45, 7) is 6.92. The van der Waals surface area contributed by atoms with E-state index in [4.69, 9.17) is 9.73 Å². The van der Waals surface area contributed by atoms with Crippen molar-refractivity contribution in [2.24, 2.45) is 16.3 Å². The van der Waals surface area contributed by atoms with E-state index >= 15 is 0 Å². The molecule has 1 heterocycles. The predicted octanol–water partition coefficient (Wildman–Crippen LogP) is 6.91. The third kappa shape index (κ3) is 4.94. The molecule has 1 amide bonds. The third-order valence-electron chi connectivity index (χ3n) is 6.18. The number of anilines is 1. The molecule has 1 aliphatic rings. The fourth-order valence-electron chi connectivity index (χ4n) is 4.17. The van der Waals surface area contributed by atoms with Gasteiger partial charge < -0.3 is 10.1 Å². The lowest BCUT2D eigenvalue weighted by molar-refractivity contribution is 0.102.